The van der Waals surface area contributed by atoms with Crippen LogP contribution in [0.3, 0.4) is 0 Å². The van der Waals surface area contributed by atoms with Crippen molar-refractivity contribution in [1.82, 2.24) is 0 Å². The fraction of sp³-hybridized carbons (Fsp3) is 0.500. The second-order valence-electron chi connectivity index (χ2n) is 1.57. The van der Waals surface area contributed by atoms with Gasteiger partial charge in [0.15, 0.2) is 0 Å². The molecule has 8 heavy (non-hydrogen) atoms. The van der Waals surface area contributed by atoms with Gasteiger partial charge < -0.3 is 6.92 Å². The molecular weight excluding hydrogens is 173 g/mol. The van der Waals surface area contributed by atoms with Gasteiger partial charge in [0.2, 0.25) is 0 Å². The SMILES string of the molecule is [CH2-]CC=C(C)C.[Cl][Zn+]. The van der Waals surface area contributed by atoms with Crippen LogP contribution in [0.1, 0.15) is 20.3 Å². The molecule has 0 saturated heterocycles. The van der Waals surface area contributed by atoms with Crippen LogP contribution in [0.4, 0.5) is 0 Å². The van der Waals surface area contributed by atoms with Gasteiger partial charge in [-0.1, -0.05) is 5.57 Å². The molecule has 0 saturated carbocycles. The molecule has 0 aliphatic rings. The van der Waals surface area contributed by atoms with Gasteiger partial charge in [0, 0.05) is 0 Å². The molecule has 0 aliphatic heterocycles. The Hall–Kier alpha value is 0.653. The van der Waals surface area contributed by atoms with Crippen molar-refractivity contribution in [3.63, 3.8) is 0 Å². The number of allylic oxidation sites excluding steroid dienone is 2. The van der Waals surface area contributed by atoms with E-state index >= 15 is 0 Å². The van der Waals surface area contributed by atoms with Crippen molar-refractivity contribution < 1.29 is 17.3 Å². The summed E-state index contributed by atoms with van der Waals surface area (Å²) >= 11 is 0.847. The van der Waals surface area contributed by atoms with Crippen LogP contribution in [0.2, 0.25) is 0 Å². The van der Waals surface area contributed by atoms with E-state index in [9.17, 15) is 0 Å². The molecule has 0 fully saturated rings. The Bertz CT molecular complexity index is 55.5. The quantitative estimate of drug-likeness (QED) is 0.334. The Morgan fingerprint density at radius 3 is 2.00 bits per heavy atom. The molecule has 2 heteroatoms. The summed E-state index contributed by atoms with van der Waals surface area (Å²) in [6.45, 7) is 7.80. The normalized spacial score (nSPS) is 6.75. The molecule has 0 unspecified atom stereocenters. The summed E-state index contributed by atoms with van der Waals surface area (Å²) in [4.78, 5) is 0. The molecule has 0 radical (unpaired) electrons. The zero-order chi connectivity index (χ0) is 6.99. The van der Waals surface area contributed by atoms with Gasteiger partial charge >= 0.3 is 27.0 Å². The molecule has 0 heterocycles. The van der Waals surface area contributed by atoms with Crippen molar-refractivity contribution in [2.24, 2.45) is 0 Å². The monoisotopic (exact) mass is 182 g/mol. The summed E-state index contributed by atoms with van der Waals surface area (Å²) in [6.07, 6.45) is 3.02. The molecule has 44 valence electrons. The second-order valence-corrected chi connectivity index (χ2v) is 1.57. The molecule has 0 nitrogen and oxygen atoms in total. The molecule has 0 bridgehead atoms. The van der Waals surface area contributed by atoms with Gasteiger partial charge in [-0.05, 0) is 13.8 Å². The van der Waals surface area contributed by atoms with E-state index in [0.717, 1.165) is 23.7 Å². The maximum absolute atomic E-state index is 4.76. The van der Waals surface area contributed by atoms with Gasteiger partial charge in [-0.3, -0.25) is 0 Å². The van der Waals surface area contributed by atoms with E-state index in [4.69, 9.17) is 9.69 Å². The van der Waals surface area contributed by atoms with Gasteiger partial charge in [-0.2, -0.15) is 6.42 Å². The Morgan fingerprint density at radius 1 is 1.62 bits per heavy atom. The predicted octanol–water partition coefficient (Wildman–Crippen LogP) is 2.86. The van der Waals surface area contributed by atoms with Gasteiger partial charge in [0.05, 0.1) is 0 Å². The second kappa shape index (κ2) is 10.6. The zero-order valence-corrected chi connectivity index (χ0v) is 9.30. The van der Waals surface area contributed by atoms with Crippen LogP contribution in [-0.4, -0.2) is 0 Å². The van der Waals surface area contributed by atoms with Crippen LogP contribution in [-0.2, 0) is 17.3 Å². The van der Waals surface area contributed by atoms with Gasteiger partial charge in [-0.15, -0.1) is 6.08 Å². The Labute approximate surface area is 66.0 Å². The standard InChI is InChI=1S/C6H11.ClH.Zn/c1-4-5-6(2)3;;/h5H,1,4H2,2-3H3;1H;/q-1;;+2/p-1. The molecule has 0 spiro atoms. The molecule has 0 aromatic heterocycles. The van der Waals surface area contributed by atoms with Crippen molar-refractivity contribution >= 4 is 9.69 Å². The molecule has 0 atom stereocenters. The van der Waals surface area contributed by atoms with Crippen LogP contribution < -0.4 is 0 Å². The third-order valence-corrected chi connectivity index (χ3v) is 0.553. The topological polar surface area (TPSA) is 0 Å². The average Bonchev–Trinajstić information content (AvgIpc) is 1.72. The minimum atomic E-state index is 0.847. The van der Waals surface area contributed by atoms with Crippen molar-refractivity contribution in [3.8, 4) is 0 Å². The predicted molar refractivity (Wildman–Crippen MR) is 35.3 cm³/mol. The van der Waals surface area contributed by atoms with E-state index in [1.165, 1.54) is 5.57 Å². The molecule has 0 amide bonds. The van der Waals surface area contributed by atoms with Crippen molar-refractivity contribution in [2.45, 2.75) is 20.3 Å². The summed E-state index contributed by atoms with van der Waals surface area (Å²) < 4.78 is 0. The average molecular weight is 184 g/mol. The first-order valence-corrected chi connectivity index (χ1v) is 6.36. The summed E-state index contributed by atoms with van der Waals surface area (Å²) in [7, 11) is 4.76. The van der Waals surface area contributed by atoms with Gasteiger partial charge in [0.1, 0.15) is 0 Å². The number of hydrogen-bond donors (Lipinski definition) is 0. The molecule has 0 aromatic rings. The summed E-state index contributed by atoms with van der Waals surface area (Å²) in [6, 6.07) is 0. The van der Waals surface area contributed by atoms with Gasteiger partial charge in [0.25, 0.3) is 0 Å². The van der Waals surface area contributed by atoms with E-state index in [-0.39, 0.29) is 0 Å². The fourth-order valence-electron chi connectivity index (χ4n) is 0.289. The van der Waals surface area contributed by atoms with Crippen LogP contribution >= 0.6 is 9.69 Å². The van der Waals surface area contributed by atoms with Crippen molar-refractivity contribution in [3.05, 3.63) is 18.6 Å². The Morgan fingerprint density at radius 2 is 2.00 bits per heavy atom. The fourth-order valence-corrected chi connectivity index (χ4v) is 0.289. The summed E-state index contributed by atoms with van der Waals surface area (Å²) in [5.41, 5.74) is 1.35. The Balaban J connectivity index is 0. The van der Waals surface area contributed by atoms with E-state index in [1.807, 2.05) is 0 Å². The zero-order valence-electron chi connectivity index (χ0n) is 5.58. The van der Waals surface area contributed by atoms with Crippen LogP contribution in [0.15, 0.2) is 11.6 Å². The van der Waals surface area contributed by atoms with Crippen LogP contribution in [0.5, 0.6) is 0 Å². The third kappa shape index (κ3) is 15.9. The third-order valence-electron chi connectivity index (χ3n) is 0.553. The van der Waals surface area contributed by atoms with Crippen LogP contribution in [0, 0.1) is 6.92 Å². The minimum absolute atomic E-state index is 0.847. The van der Waals surface area contributed by atoms with E-state index in [2.05, 4.69) is 26.8 Å². The summed E-state index contributed by atoms with van der Waals surface area (Å²) in [5.74, 6) is 0. The van der Waals surface area contributed by atoms with E-state index in [0.29, 0.717) is 0 Å². The first-order chi connectivity index (χ1) is 3.77. The molecule has 0 aliphatic carbocycles. The van der Waals surface area contributed by atoms with E-state index in [1.54, 1.807) is 0 Å². The maximum atomic E-state index is 4.76. The van der Waals surface area contributed by atoms with Crippen molar-refractivity contribution in [1.29, 1.82) is 0 Å². The number of halogens is 1. The first kappa shape index (κ1) is 11.5. The van der Waals surface area contributed by atoms with Crippen molar-refractivity contribution in [2.75, 3.05) is 0 Å². The summed E-state index contributed by atoms with van der Waals surface area (Å²) in [5, 5.41) is 0. The first-order valence-electron chi connectivity index (χ1n) is 2.46. The molecular formula is C6H11ClZn. The number of rotatable bonds is 1. The van der Waals surface area contributed by atoms with Crippen LogP contribution in [0.25, 0.3) is 0 Å². The molecule has 0 aromatic carbocycles. The molecule has 0 rings (SSSR count). The van der Waals surface area contributed by atoms with Gasteiger partial charge in [-0.25, -0.2) is 0 Å². The Kier molecular flexibility index (Phi) is 15.2. The molecule has 0 N–H and O–H groups in total. The van der Waals surface area contributed by atoms with E-state index < -0.39 is 0 Å². The number of hydrogen-bond acceptors (Lipinski definition) is 0.